The van der Waals surface area contributed by atoms with Gasteiger partial charge in [0.15, 0.2) is 0 Å². The first-order valence-electron chi connectivity index (χ1n) is 6.10. The molecule has 1 aromatic heterocycles. The van der Waals surface area contributed by atoms with Gasteiger partial charge in [-0.15, -0.1) is 0 Å². The molecule has 2 aromatic rings. The molecule has 0 aliphatic rings. The van der Waals surface area contributed by atoms with E-state index in [-0.39, 0.29) is 0 Å². The number of aryl methyl sites for hydroxylation is 2. The van der Waals surface area contributed by atoms with Gasteiger partial charge in [-0.2, -0.15) is 0 Å². The van der Waals surface area contributed by atoms with Crippen molar-refractivity contribution in [2.45, 2.75) is 26.2 Å². The van der Waals surface area contributed by atoms with Crippen molar-refractivity contribution in [1.29, 1.82) is 0 Å². The van der Waals surface area contributed by atoms with Crippen LogP contribution in [0.3, 0.4) is 0 Å². The highest BCUT2D eigenvalue weighted by atomic mass is 15.1. The van der Waals surface area contributed by atoms with Crippen LogP contribution in [0, 0.1) is 6.92 Å². The van der Waals surface area contributed by atoms with E-state index in [1.807, 2.05) is 19.3 Å². The van der Waals surface area contributed by atoms with E-state index in [1.54, 1.807) is 0 Å². The topological polar surface area (TPSA) is 43.8 Å². The Labute approximate surface area is 102 Å². The van der Waals surface area contributed by atoms with Crippen LogP contribution >= 0.6 is 0 Å². The van der Waals surface area contributed by atoms with Gasteiger partial charge in [0.05, 0.1) is 0 Å². The van der Waals surface area contributed by atoms with Gasteiger partial charge in [0, 0.05) is 18.1 Å². The second-order valence-corrected chi connectivity index (χ2v) is 4.26. The zero-order valence-corrected chi connectivity index (χ0v) is 10.3. The van der Waals surface area contributed by atoms with E-state index in [1.165, 1.54) is 11.3 Å². The van der Waals surface area contributed by atoms with Gasteiger partial charge >= 0.3 is 0 Å². The first-order chi connectivity index (χ1) is 8.31. The molecule has 0 atom stereocenters. The average molecular weight is 229 g/mol. The van der Waals surface area contributed by atoms with Crippen LogP contribution in [-0.2, 0) is 6.42 Å². The van der Waals surface area contributed by atoms with E-state index in [4.69, 9.17) is 5.73 Å². The van der Waals surface area contributed by atoms with Crippen LogP contribution in [-0.4, -0.2) is 16.1 Å². The van der Waals surface area contributed by atoms with E-state index in [2.05, 4.69) is 33.8 Å². The lowest BCUT2D eigenvalue weighted by atomic mass is 10.1. The fraction of sp³-hybridized carbons (Fsp3) is 0.357. The highest BCUT2D eigenvalue weighted by Gasteiger charge is 2.01. The molecule has 0 radical (unpaired) electrons. The Bertz CT molecular complexity index is 474. The van der Waals surface area contributed by atoms with E-state index in [9.17, 15) is 0 Å². The summed E-state index contributed by atoms with van der Waals surface area (Å²) in [6.45, 7) is 2.79. The van der Waals surface area contributed by atoms with E-state index < -0.39 is 0 Å². The Balaban J connectivity index is 2.14. The van der Waals surface area contributed by atoms with Crippen molar-refractivity contribution < 1.29 is 0 Å². The van der Waals surface area contributed by atoms with Gasteiger partial charge < -0.3 is 10.3 Å². The van der Waals surface area contributed by atoms with Gasteiger partial charge in [0.25, 0.3) is 0 Å². The minimum absolute atomic E-state index is 0.778. The number of nitrogens with zero attached hydrogens (tertiary/aromatic N) is 2. The summed E-state index contributed by atoms with van der Waals surface area (Å²) in [5.41, 5.74) is 8.06. The molecule has 0 bridgehead atoms. The number of hydrogen-bond acceptors (Lipinski definition) is 2. The Morgan fingerprint density at radius 2 is 2.18 bits per heavy atom. The molecule has 0 amide bonds. The summed E-state index contributed by atoms with van der Waals surface area (Å²) in [5.74, 6) is 1.02. The summed E-state index contributed by atoms with van der Waals surface area (Å²) in [4.78, 5) is 4.24. The molecule has 90 valence electrons. The minimum atomic E-state index is 0.778. The fourth-order valence-electron chi connectivity index (χ4n) is 1.99. The number of aromatic nitrogens is 2. The summed E-state index contributed by atoms with van der Waals surface area (Å²) in [6.07, 6.45) is 7.17. The normalized spacial score (nSPS) is 10.7. The maximum atomic E-state index is 5.51. The van der Waals surface area contributed by atoms with Gasteiger partial charge in [-0.25, -0.2) is 4.98 Å². The van der Waals surface area contributed by atoms with Crippen molar-refractivity contribution in [3.05, 3.63) is 48.0 Å². The highest BCUT2D eigenvalue weighted by Crippen LogP contribution is 2.14. The molecule has 0 unspecified atom stereocenters. The fourth-order valence-corrected chi connectivity index (χ4v) is 1.99. The van der Waals surface area contributed by atoms with Crippen LogP contribution in [0.2, 0.25) is 0 Å². The first kappa shape index (κ1) is 11.9. The molecule has 3 nitrogen and oxygen atoms in total. The SMILES string of the molecule is Cc1nccn1-c1cccc(CCCCN)c1. The minimum Gasteiger partial charge on any atom is -0.330 e. The molecular formula is C14H19N3. The molecule has 1 heterocycles. The monoisotopic (exact) mass is 229 g/mol. The summed E-state index contributed by atoms with van der Waals surface area (Å²) in [7, 11) is 0. The second-order valence-electron chi connectivity index (χ2n) is 4.26. The lowest BCUT2D eigenvalue weighted by Gasteiger charge is -2.07. The summed E-state index contributed by atoms with van der Waals surface area (Å²) < 4.78 is 2.10. The third kappa shape index (κ3) is 2.94. The van der Waals surface area contributed by atoms with Crippen molar-refractivity contribution in [3.63, 3.8) is 0 Å². The highest BCUT2D eigenvalue weighted by molar-refractivity contribution is 5.37. The van der Waals surface area contributed by atoms with Crippen LogP contribution in [0.1, 0.15) is 24.2 Å². The smallest absolute Gasteiger partial charge is 0.110 e. The van der Waals surface area contributed by atoms with Crippen molar-refractivity contribution in [2.75, 3.05) is 6.54 Å². The molecule has 0 saturated carbocycles. The third-order valence-corrected chi connectivity index (χ3v) is 2.93. The quantitative estimate of drug-likeness (QED) is 0.800. The van der Waals surface area contributed by atoms with Crippen molar-refractivity contribution in [2.24, 2.45) is 5.73 Å². The lowest BCUT2D eigenvalue weighted by Crippen LogP contribution is -2.00. The average Bonchev–Trinajstić information content (AvgIpc) is 2.76. The lowest BCUT2D eigenvalue weighted by molar-refractivity contribution is 0.744. The number of benzene rings is 1. The van der Waals surface area contributed by atoms with Crippen LogP contribution in [0.25, 0.3) is 5.69 Å². The molecular weight excluding hydrogens is 210 g/mol. The predicted molar refractivity (Wildman–Crippen MR) is 70.3 cm³/mol. The Morgan fingerprint density at radius 1 is 1.29 bits per heavy atom. The number of imidazole rings is 1. The largest absolute Gasteiger partial charge is 0.330 e. The Morgan fingerprint density at radius 3 is 2.88 bits per heavy atom. The zero-order valence-electron chi connectivity index (χ0n) is 10.3. The molecule has 0 fully saturated rings. The molecule has 0 saturated heterocycles. The second kappa shape index (κ2) is 5.64. The van der Waals surface area contributed by atoms with Gasteiger partial charge in [0.1, 0.15) is 5.82 Å². The van der Waals surface area contributed by atoms with Crippen molar-refractivity contribution in [3.8, 4) is 5.69 Å². The van der Waals surface area contributed by atoms with Crippen LogP contribution in [0.4, 0.5) is 0 Å². The molecule has 2 rings (SSSR count). The van der Waals surface area contributed by atoms with Gasteiger partial charge in [0.2, 0.25) is 0 Å². The van der Waals surface area contributed by atoms with Crippen LogP contribution in [0.15, 0.2) is 36.7 Å². The standard InChI is InChI=1S/C14H19N3/c1-12-16-9-10-17(12)14-7-4-6-13(11-14)5-2-3-8-15/h4,6-7,9-11H,2-3,5,8,15H2,1H3. The molecule has 2 N–H and O–H groups in total. The summed E-state index contributed by atoms with van der Waals surface area (Å²) in [5, 5.41) is 0. The molecule has 1 aromatic carbocycles. The van der Waals surface area contributed by atoms with Crippen LogP contribution < -0.4 is 5.73 Å². The maximum Gasteiger partial charge on any atom is 0.110 e. The first-order valence-corrected chi connectivity index (χ1v) is 6.10. The van der Waals surface area contributed by atoms with E-state index >= 15 is 0 Å². The number of unbranched alkanes of at least 4 members (excludes halogenated alkanes) is 1. The van der Waals surface area contributed by atoms with Crippen molar-refractivity contribution >= 4 is 0 Å². The summed E-state index contributed by atoms with van der Waals surface area (Å²) in [6, 6.07) is 8.62. The number of rotatable bonds is 5. The summed E-state index contributed by atoms with van der Waals surface area (Å²) >= 11 is 0. The third-order valence-electron chi connectivity index (χ3n) is 2.93. The van der Waals surface area contributed by atoms with Crippen molar-refractivity contribution in [1.82, 2.24) is 9.55 Å². The molecule has 17 heavy (non-hydrogen) atoms. The van der Waals surface area contributed by atoms with Gasteiger partial charge in [-0.05, 0) is 50.4 Å². The predicted octanol–water partition coefficient (Wildman–Crippen LogP) is 2.46. The molecule has 0 aliphatic carbocycles. The molecule has 0 aliphatic heterocycles. The number of nitrogens with two attached hydrogens (primary N) is 1. The zero-order chi connectivity index (χ0) is 12.1. The Kier molecular flexibility index (Phi) is 3.94. The maximum absolute atomic E-state index is 5.51. The number of hydrogen-bond donors (Lipinski definition) is 1. The van der Waals surface area contributed by atoms with Gasteiger partial charge in [-0.1, -0.05) is 12.1 Å². The van der Waals surface area contributed by atoms with Gasteiger partial charge in [-0.3, -0.25) is 0 Å². The molecule has 0 spiro atoms. The van der Waals surface area contributed by atoms with E-state index in [0.29, 0.717) is 0 Å². The van der Waals surface area contributed by atoms with Crippen LogP contribution in [0.5, 0.6) is 0 Å². The molecule has 3 heteroatoms. The van der Waals surface area contributed by atoms with E-state index in [0.717, 1.165) is 31.6 Å². The Hall–Kier alpha value is -1.61.